The molecular formula is C30H29F2N7O5S. The van der Waals surface area contributed by atoms with Crippen LogP contribution in [-0.4, -0.2) is 64.5 Å². The van der Waals surface area contributed by atoms with E-state index in [-0.39, 0.29) is 28.1 Å². The van der Waals surface area contributed by atoms with Crippen molar-refractivity contribution in [3.05, 3.63) is 105 Å². The Morgan fingerprint density at radius 2 is 1.78 bits per heavy atom. The standard InChI is InChI=1S/C30H29F2N7O5S/c1-37(13-14-43-2)16-21-25-27(40)39(24-15-33-11-12-34-24)30(42)38(17-20-22(31)5-4-6-23(20)32)28(25)45-26(21)18-7-9-19(10-8-18)35-29(41)36-44-3/h4-12,15H,13-14,16-17H2,1-3H3,(H2,35,36,41). The maximum absolute atomic E-state index is 14.9. The van der Waals surface area contributed by atoms with Crippen LogP contribution >= 0.6 is 11.3 Å². The van der Waals surface area contributed by atoms with Gasteiger partial charge >= 0.3 is 11.7 Å². The maximum Gasteiger partial charge on any atom is 0.343 e. The molecule has 0 unspecified atom stereocenters. The predicted octanol–water partition coefficient (Wildman–Crippen LogP) is 3.76. The predicted molar refractivity (Wildman–Crippen MR) is 166 cm³/mol. The van der Waals surface area contributed by atoms with E-state index in [1.807, 2.05) is 11.9 Å². The van der Waals surface area contributed by atoms with Crippen LogP contribution in [0.1, 0.15) is 11.1 Å². The Labute approximate surface area is 259 Å². The molecule has 2 amide bonds. The van der Waals surface area contributed by atoms with Gasteiger partial charge in [-0.05, 0) is 42.4 Å². The number of ether oxygens (including phenoxy) is 1. The monoisotopic (exact) mass is 637 g/mol. The van der Waals surface area contributed by atoms with Crippen LogP contribution in [0.15, 0.2) is 70.6 Å². The number of aromatic nitrogens is 4. The minimum Gasteiger partial charge on any atom is -0.383 e. The number of urea groups is 1. The summed E-state index contributed by atoms with van der Waals surface area (Å²) in [7, 11) is 4.76. The number of carbonyl (C=O) groups is 1. The van der Waals surface area contributed by atoms with Gasteiger partial charge in [0.05, 0.1) is 31.8 Å². The number of benzene rings is 2. The molecule has 0 bridgehead atoms. The molecule has 0 aliphatic rings. The minimum absolute atomic E-state index is 0.0339. The Hall–Kier alpha value is -4.83. The van der Waals surface area contributed by atoms with Gasteiger partial charge in [-0.15, -0.1) is 11.3 Å². The van der Waals surface area contributed by atoms with Crippen LogP contribution in [0.3, 0.4) is 0 Å². The molecule has 5 aromatic rings. The molecule has 0 atom stereocenters. The first-order valence-corrected chi connectivity index (χ1v) is 14.4. The first-order valence-electron chi connectivity index (χ1n) is 13.6. The first-order chi connectivity index (χ1) is 21.7. The summed E-state index contributed by atoms with van der Waals surface area (Å²) in [5, 5.41) is 2.83. The van der Waals surface area contributed by atoms with Crippen LogP contribution in [0.5, 0.6) is 0 Å². The molecule has 0 saturated carbocycles. The summed E-state index contributed by atoms with van der Waals surface area (Å²) in [5.74, 6) is -1.69. The topological polar surface area (TPSA) is 133 Å². The van der Waals surface area contributed by atoms with Crippen LogP contribution in [0.4, 0.5) is 19.3 Å². The highest BCUT2D eigenvalue weighted by Gasteiger charge is 2.26. The number of halogens is 2. The lowest BCUT2D eigenvalue weighted by Gasteiger charge is -2.17. The van der Waals surface area contributed by atoms with Crippen molar-refractivity contribution in [1.29, 1.82) is 0 Å². The first kappa shape index (κ1) is 31.6. The van der Waals surface area contributed by atoms with Crippen molar-refractivity contribution in [3.63, 3.8) is 0 Å². The molecule has 12 nitrogen and oxygen atoms in total. The van der Waals surface area contributed by atoms with E-state index in [0.29, 0.717) is 34.8 Å². The quantitative estimate of drug-likeness (QED) is 0.209. The summed E-state index contributed by atoms with van der Waals surface area (Å²) in [5.41, 5.74) is 2.13. The van der Waals surface area contributed by atoms with Gasteiger partial charge in [0.1, 0.15) is 16.5 Å². The number of thiophene rings is 1. The molecule has 234 valence electrons. The van der Waals surface area contributed by atoms with Crippen molar-refractivity contribution in [3.8, 4) is 16.3 Å². The second-order valence-corrected chi connectivity index (χ2v) is 10.9. The number of amides is 2. The highest BCUT2D eigenvalue weighted by Crippen LogP contribution is 2.38. The lowest BCUT2D eigenvalue weighted by Crippen LogP contribution is -2.39. The van der Waals surface area contributed by atoms with Gasteiger partial charge in [0, 0.05) is 48.7 Å². The molecule has 2 aromatic carbocycles. The number of fused-ring (bicyclic) bond motifs is 1. The highest BCUT2D eigenvalue weighted by molar-refractivity contribution is 7.22. The number of nitrogens with zero attached hydrogens (tertiary/aromatic N) is 5. The van der Waals surface area contributed by atoms with E-state index in [9.17, 15) is 23.2 Å². The van der Waals surface area contributed by atoms with Crippen LogP contribution in [0.25, 0.3) is 26.5 Å². The summed E-state index contributed by atoms with van der Waals surface area (Å²) in [6.07, 6.45) is 4.01. The van der Waals surface area contributed by atoms with Gasteiger partial charge in [-0.25, -0.2) is 33.4 Å². The van der Waals surface area contributed by atoms with Gasteiger partial charge in [0.2, 0.25) is 0 Å². The number of rotatable bonds is 11. The number of methoxy groups -OCH3 is 1. The number of hydroxylamine groups is 1. The zero-order valence-corrected chi connectivity index (χ0v) is 25.4. The van der Waals surface area contributed by atoms with Gasteiger partial charge in [-0.2, -0.15) is 0 Å². The van der Waals surface area contributed by atoms with Crippen molar-refractivity contribution < 1.29 is 23.1 Å². The molecule has 0 radical (unpaired) electrons. The average Bonchev–Trinajstić information content (AvgIpc) is 3.39. The van der Waals surface area contributed by atoms with Crippen LogP contribution in [-0.2, 0) is 22.7 Å². The number of nitrogens with one attached hydrogen (secondary N) is 2. The molecule has 3 aromatic heterocycles. The SMILES string of the molecule is COCCN(C)Cc1c(-c2ccc(NC(=O)NOC)cc2)sc2c1c(=O)n(-c1cnccn1)c(=O)n2Cc1c(F)cccc1F. The van der Waals surface area contributed by atoms with Crippen LogP contribution in [0.2, 0.25) is 0 Å². The summed E-state index contributed by atoms with van der Waals surface area (Å²) in [4.78, 5) is 55.8. The number of anilines is 1. The Balaban J connectivity index is 1.78. The number of likely N-dealkylation sites (N-methyl/N-ethyl adjacent to an activating group) is 1. The number of hydrogen-bond donors (Lipinski definition) is 2. The molecular weight excluding hydrogens is 608 g/mol. The summed E-state index contributed by atoms with van der Waals surface area (Å²) < 4.78 is 37.1. The molecule has 0 aliphatic carbocycles. The molecule has 0 aliphatic heterocycles. The number of carbonyl (C=O) groups excluding carboxylic acids is 1. The Morgan fingerprint density at radius 1 is 1.04 bits per heavy atom. The lowest BCUT2D eigenvalue weighted by atomic mass is 10.1. The van der Waals surface area contributed by atoms with Crippen LogP contribution < -0.4 is 22.0 Å². The molecule has 0 fully saturated rings. The third-order valence-corrected chi connectivity index (χ3v) is 8.24. The van der Waals surface area contributed by atoms with E-state index < -0.39 is 35.5 Å². The lowest BCUT2D eigenvalue weighted by molar-refractivity contribution is 0.114. The summed E-state index contributed by atoms with van der Waals surface area (Å²) in [6, 6.07) is 9.75. The maximum atomic E-state index is 14.9. The van der Waals surface area contributed by atoms with E-state index >= 15 is 0 Å². The fraction of sp³-hybridized carbons (Fsp3) is 0.233. The zero-order chi connectivity index (χ0) is 32.1. The Morgan fingerprint density at radius 3 is 2.42 bits per heavy atom. The fourth-order valence-corrected chi connectivity index (χ4v) is 6.10. The molecule has 0 saturated heterocycles. The van der Waals surface area contributed by atoms with Gasteiger partial charge in [-0.3, -0.25) is 24.1 Å². The molecule has 15 heteroatoms. The van der Waals surface area contributed by atoms with E-state index in [1.165, 1.54) is 36.3 Å². The number of hydrogen-bond acceptors (Lipinski definition) is 9. The second-order valence-electron chi connectivity index (χ2n) is 9.93. The summed E-state index contributed by atoms with van der Waals surface area (Å²) >= 11 is 1.15. The average molecular weight is 638 g/mol. The molecule has 2 N–H and O–H groups in total. The molecule has 3 heterocycles. The van der Waals surface area contributed by atoms with E-state index in [4.69, 9.17) is 4.74 Å². The normalized spacial score (nSPS) is 11.3. The minimum atomic E-state index is -0.829. The van der Waals surface area contributed by atoms with Crippen molar-refractivity contribution in [2.45, 2.75) is 13.1 Å². The largest absolute Gasteiger partial charge is 0.383 e. The van der Waals surface area contributed by atoms with Gasteiger partial charge < -0.3 is 10.1 Å². The van der Waals surface area contributed by atoms with E-state index in [2.05, 4.69) is 25.6 Å². The van der Waals surface area contributed by atoms with E-state index in [0.717, 1.165) is 28.0 Å². The van der Waals surface area contributed by atoms with Crippen LogP contribution in [0, 0.1) is 11.6 Å². The molecule has 0 spiro atoms. The molecule has 5 rings (SSSR count). The highest BCUT2D eigenvalue weighted by atomic mass is 32.1. The smallest absolute Gasteiger partial charge is 0.343 e. The van der Waals surface area contributed by atoms with Gasteiger partial charge in [0.15, 0.2) is 5.82 Å². The summed E-state index contributed by atoms with van der Waals surface area (Å²) in [6.45, 7) is 0.754. The van der Waals surface area contributed by atoms with Crippen molar-refractivity contribution in [2.75, 3.05) is 39.7 Å². The van der Waals surface area contributed by atoms with E-state index in [1.54, 1.807) is 31.4 Å². The van der Waals surface area contributed by atoms with Crippen molar-refractivity contribution in [2.24, 2.45) is 0 Å². The van der Waals surface area contributed by atoms with Gasteiger partial charge in [0.25, 0.3) is 5.56 Å². The van der Waals surface area contributed by atoms with Crippen molar-refractivity contribution >= 4 is 33.3 Å². The zero-order valence-electron chi connectivity index (χ0n) is 24.5. The second kappa shape index (κ2) is 13.9. The third kappa shape index (κ3) is 6.66. The Bertz CT molecular complexity index is 1930. The Kier molecular flexibility index (Phi) is 9.73. The fourth-order valence-electron chi connectivity index (χ4n) is 4.79. The third-order valence-electron chi connectivity index (χ3n) is 6.93. The van der Waals surface area contributed by atoms with Gasteiger partial charge in [-0.1, -0.05) is 18.2 Å². The van der Waals surface area contributed by atoms with Crippen molar-refractivity contribution in [1.82, 2.24) is 29.5 Å². The molecule has 45 heavy (non-hydrogen) atoms.